The molecular weight excluding hydrogens is 240 g/mol. The Morgan fingerprint density at radius 2 is 2.16 bits per heavy atom. The molecule has 0 bridgehead atoms. The summed E-state index contributed by atoms with van der Waals surface area (Å²) in [5.41, 5.74) is 7.68. The molecule has 0 saturated heterocycles. The average molecular weight is 264 g/mol. The van der Waals surface area contributed by atoms with Crippen LogP contribution in [0.1, 0.15) is 43.4 Å². The topological polar surface area (TPSA) is 72.9 Å². The molecule has 0 radical (unpaired) electrons. The molecule has 1 aromatic heterocycles. The number of carbonyl (C=O) groups excluding carboxylic acids is 1. The Labute approximate surface area is 114 Å². The van der Waals surface area contributed by atoms with Crippen LogP contribution < -0.4 is 11.1 Å². The maximum atomic E-state index is 12.4. The lowest BCUT2D eigenvalue weighted by Crippen LogP contribution is -2.46. The van der Waals surface area contributed by atoms with Crippen LogP contribution in [0.2, 0.25) is 0 Å². The minimum absolute atomic E-state index is 0.109. The van der Waals surface area contributed by atoms with E-state index < -0.39 is 0 Å². The second-order valence-corrected chi connectivity index (χ2v) is 5.61. The third-order valence-corrected chi connectivity index (χ3v) is 4.46. The summed E-state index contributed by atoms with van der Waals surface area (Å²) in [6, 6.07) is 0. The minimum Gasteiger partial charge on any atom is -0.351 e. The molecule has 0 aromatic carbocycles. The van der Waals surface area contributed by atoms with E-state index in [0.717, 1.165) is 36.9 Å². The highest BCUT2D eigenvalue weighted by Gasteiger charge is 2.37. The van der Waals surface area contributed by atoms with Gasteiger partial charge in [-0.15, -0.1) is 0 Å². The van der Waals surface area contributed by atoms with Crippen molar-refractivity contribution in [3.63, 3.8) is 0 Å². The van der Waals surface area contributed by atoms with Gasteiger partial charge in [-0.25, -0.2) is 0 Å². The highest BCUT2D eigenvalue weighted by molar-refractivity contribution is 5.83. The highest BCUT2D eigenvalue weighted by Crippen LogP contribution is 2.35. The fourth-order valence-electron chi connectivity index (χ4n) is 2.83. The second-order valence-electron chi connectivity index (χ2n) is 5.61. The van der Waals surface area contributed by atoms with E-state index in [-0.39, 0.29) is 11.3 Å². The van der Waals surface area contributed by atoms with Crippen LogP contribution in [-0.4, -0.2) is 22.2 Å². The Morgan fingerprint density at radius 3 is 2.68 bits per heavy atom. The molecule has 0 unspecified atom stereocenters. The van der Waals surface area contributed by atoms with Gasteiger partial charge in [-0.3, -0.25) is 9.48 Å². The quantitative estimate of drug-likeness (QED) is 0.859. The van der Waals surface area contributed by atoms with Gasteiger partial charge in [0.1, 0.15) is 0 Å². The zero-order valence-electron chi connectivity index (χ0n) is 11.9. The van der Waals surface area contributed by atoms with Gasteiger partial charge >= 0.3 is 0 Å². The summed E-state index contributed by atoms with van der Waals surface area (Å²) >= 11 is 0. The van der Waals surface area contributed by atoms with Crippen molar-refractivity contribution < 1.29 is 4.79 Å². The number of hydrogen-bond acceptors (Lipinski definition) is 3. The second kappa shape index (κ2) is 5.74. The molecule has 1 aliphatic carbocycles. The van der Waals surface area contributed by atoms with E-state index in [4.69, 9.17) is 5.73 Å². The van der Waals surface area contributed by atoms with Crippen molar-refractivity contribution in [1.82, 2.24) is 15.1 Å². The fourth-order valence-corrected chi connectivity index (χ4v) is 2.83. The van der Waals surface area contributed by atoms with Gasteiger partial charge < -0.3 is 11.1 Å². The lowest BCUT2D eigenvalue weighted by molar-refractivity contribution is -0.132. The third kappa shape index (κ3) is 2.81. The lowest BCUT2D eigenvalue weighted by Gasteiger charge is -2.34. The van der Waals surface area contributed by atoms with Gasteiger partial charge in [0, 0.05) is 31.4 Å². The van der Waals surface area contributed by atoms with Crippen molar-refractivity contribution >= 4 is 5.91 Å². The van der Waals surface area contributed by atoms with Crippen LogP contribution in [0, 0.1) is 12.3 Å². The van der Waals surface area contributed by atoms with E-state index in [9.17, 15) is 4.79 Å². The maximum absolute atomic E-state index is 12.4. The van der Waals surface area contributed by atoms with Gasteiger partial charge in [0.25, 0.3) is 0 Å². The Hall–Kier alpha value is -1.36. The maximum Gasteiger partial charge on any atom is 0.227 e. The van der Waals surface area contributed by atoms with Crippen LogP contribution >= 0.6 is 0 Å². The Kier molecular flexibility index (Phi) is 4.24. The first-order chi connectivity index (χ1) is 9.09. The van der Waals surface area contributed by atoms with Crippen LogP contribution in [0.15, 0.2) is 6.20 Å². The first-order valence-corrected chi connectivity index (χ1v) is 7.05. The summed E-state index contributed by atoms with van der Waals surface area (Å²) in [5, 5.41) is 7.23. The number of rotatable bonds is 4. The summed E-state index contributed by atoms with van der Waals surface area (Å²) in [6.07, 6.45) is 7.08. The van der Waals surface area contributed by atoms with E-state index in [1.54, 1.807) is 0 Å². The number of aryl methyl sites for hydroxylation is 1. The normalized spacial score (nSPS) is 18.3. The molecular formula is C14H24N4O. The number of hydrogen-bond donors (Lipinski definition) is 2. The van der Waals surface area contributed by atoms with Crippen molar-refractivity contribution in [3.8, 4) is 0 Å². The van der Waals surface area contributed by atoms with Crippen molar-refractivity contribution in [3.05, 3.63) is 17.5 Å². The minimum atomic E-state index is -0.339. The van der Waals surface area contributed by atoms with Crippen molar-refractivity contribution in [2.24, 2.45) is 18.2 Å². The summed E-state index contributed by atoms with van der Waals surface area (Å²) in [7, 11) is 1.91. The summed E-state index contributed by atoms with van der Waals surface area (Å²) in [5.74, 6) is 0.109. The molecule has 2 rings (SSSR count). The summed E-state index contributed by atoms with van der Waals surface area (Å²) in [4.78, 5) is 12.4. The van der Waals surface area contributed by atoms with Crippen LogP contribution in [0.5, 0.6) is 0 Å². The zero-order chi connectivity index (χ0) is 13.9. The van der Waals surface area contributed by atoms with Crippen LogP contribution in [0.25, 0.3) is 0 Å². The van der Waals surface area contributed by atoms with Gasteiger partial charge in [-0.1, -0.05) is 19.3 Å². The molecule has 1 saturated carbocycles. The SMILES string of the molecule is Cc1c(CNC(=O)C2(CN)CCCCC2)cnn1C. The molecule has 1 fully saturated rings. The Balaban J connectivity index is 1.98. The molecule has 0 atom stereocenters. The Bertz CT molecular complexity index is 446. The summed E-state index contributed by atoms with van der Waals surface area (Å²) < 4.78 is 1.82. The number of nitrogens with zero attached hydrogens (tertiary/aromatic N) is 2. The molecule has 19 heavy (non-hydrogen) atoms. The third-order valence-electron chi connectivity index (χ3n) is 4.46. The first kappa shape index (κ1) is 14.1. The van der Waals surface area contributed by atoms with E-state index in [1.807, 2.05) is 24.9 Å². The van der Waals surface area contributed by atoms with Crippen LogP contribution in [0.4, 0.5) is 0 Å². The van der Waals surface area contributed by atoms with Crippen molar-refractivity contribution in [1.29, 1.82) is 0 Å². The molecule has 0 spiro atoms. The number of nitrogens with two attached hydrogens (primary N) is 1. The number of carbonyl (C=O) groups is 1. The number of aromatic nitrogens is 2. The molecule has 1 aromatic rings. The standard InChI is InChI=1S/C14H24N4O/c1-11-12(9-17-18(11)2)8-16-13(19)14(10-15)6-4-3-5-7-14/h9H,3-8,10,15H2,1-2H3,(H,16,19). The molecule has 0 aliphatic heterocycles. The molecule has 5 heteroatoms. The van der Waals surface area contributed by atoms with Crippen LogP contribution in [0.3, 0.4) is 0 Å². The van der Waals surface area contributed by atoms with Gasteiger partial charge in [0.15, 0.2) is 0 Å². The predicted octanol–water partition coefficient (Wildman–Crippen LogP) is 1.25. The van der Waals surface area contributed by atoms with Gasteiger partial charge in [-0.2, -0.15) is 5.10 Å². The molecule has 1 heterocycles. The van der Waals surface area contributed by atoms with Gasteiger partial charge in [0.2, 0.25) is 5.91 Å². The largest absolute Gasteiger partial charge is 0.351 e. The number of nitrogens with one attached hydrogen (secondary N) is 1. The van der Waals surface area contributed by atoms with Gasteiger partial charge in [-0.05, 0) is 19.8 Å². The zero-order valence-corrected chi connectivity index (χ0v) is 11.9. The van der Waals surface area contributed by atoms with E-state index in [0.29, 0.717) is 13.1 Å². The van der Waals surface area contributed by atoms with Crippen LogP contribution in [-0.2, 0) is 18.4 Å². The Morgan fingerprint density at radius 1 is 1.47 bits per heavy atom. The van der Waals surface area contributed by atoms with E-state index in [2.05, 4.69) is 10.4 Å². The smallest absolute Gasteiger partial charge is 0.227 e. The molecule has 1 amide bonds. The first-order valence-electron chi connectivity index (χ1n) is 7.05. The monoisotopic (exact) mass is 264 g/mol. The lowest BCUT2D eigenvalue weighted by atomic mass is 9.73. The molecule has 3 N–H and O–H groups in total. The van der Waals surface area contributed by atoms with Gasteiger partial charge in [0.05, 0.1) is 11.6 Å². The van der Waals surface area contributed by atoms with E-state index >= 15 is 0 Å². The molecule has 106 valence electrons. The van der Waals surface area contributed by atoms with Crippen molar-refractivity contribution in [2.75, 3.05) is 6.54 Å². The predicted molar refractivity (Wildman–Crippen MR) is 74.4 cm³/mol. The molecule has 5 nitrogen and oxygen atoms in total. The number of amides is 1. The van der Waals surface area contributed by atoms with Crippen molar-refractivity contribution in [2.45, 2.75) is 45.6 Å². The average Bonchev–Trinajstić information content (AvgIpc) is 2.77. The van der Waals surface area contributed by atoms with E-state index in [1.165, 1.54) is 6.42 Å². The highest BCUT2D eigenvalue weighted by atomic mass is 16.2. The molecule has 1 aliphatic rings. The summed E-state index contributed by atoms with van der Waals surface area (Å²) in [6.45, 7) is 3.00. The fraction of sp³-hybridized carbons (Fsp3) is 0.714.